The molecular formula is C23H24N2O4S. The lowest BCUT2D eigenvalue weighted by molar-refractivity contribution is -0.122. The molecule has 3 rings (SSSR count). The molecule has 0 radical (unpaired) electrons. The van der Waals surface area contributed by atoms with Gasteiger partial charge in [-0.1, -0.05) is 19.1 Å². The third-order valence-corrected chi connectivity index (χ3v) is 4.88. The quantitative estimate of drug-likeness (QED) is 0.415. The highest BCUT2D eigenvalue weighted by molar-refractivity contribution is 7.80. The predicted octanol–water partition coefficient (Wildman–Crippen LogP) is 3.88. The van der Waals surface area contributed by atoms with E-state index in [1.54, 1.807) is 18.2 Å². The lowest BCUT2D eigenvalue weighted by atomic mass is 10.1. The van der Waals surface area contributed by atoms with E-state index in [1.807, 2.05) is 38.1 Å². The van der Waals surface area contributed by atoms with Crippen molar-refractivity contribution in [3.63, 3.8) is 0 Å². The van der Waals surface area contributed by atoms with Crippen LogP contribution in [-0.2, 0) is 16.0 Å². The molecule has 1 aliphatic heterocycles. The van der Waals surface area contributed by atoms with Crippen molar-refractivity contribution in [3.05, 3.63) is 59.2 Å². The Bertz CT molecular complexity index is 999. The summed E-state index contributed by atoms with van der Waals surface area (Å²) in [7, 11) is 0. The minimum atomic E-state index is -0.539. The van der Waals surface area contributed by atoms with Gasteiger partial charge in [0, 0.05) is 11.6 Å². The maximum Gasteiger partial charge on any atom is 0.270 e. The van der Waals surface area contributed by atoms with Gasteiger partial charge in [-0.05, 0) is 68.4 Å². The van der Waals surface area contributed by atoms with Gasteiger partial charge in [-0.15, -0.1) is 0 Å². The van der Waals surface area contributed by atoms with Gasteiger partial charge in [0.05, 0.1) is 18.9 Å². The van der Waals surface area contributed by atoms with E-state index >= 15 is 0 Å². The highest BCUT2D eigenvalue weighted by atomic mass is 32.1. The van der Waals surface area contributed by atoms with Crippen molar-refractivity contribution in [1.82, 2.24) is 5.32 Å². The first-order valence-electron chi connectivity index (χ1n) is 9.88. The summed E-state index contributed by atoms with van der Waals surface area (Å²) in [6.45, 7) is 6.77. The summed E-state index contributed by atoms with van der Waals surface area (Å²) in [5.74, 6) is 0.164. The third kappa shape index (κ3) is 4.52. The molecule has 30 heavy (non-hydrogen) atoms. The van der Waals surface area contributed by atoms with Crippen LogP contribution >= 0.6 is 12.2 Å². The van der Waals surface area contributed by atoms with Crippen molar-refractivity contribution in [2.24, 2.45) is 0 Å². The molecule has 1 heterocycles. The van der Waals surface area contributed by atoms with Crippen LogP contribution in [0.1, 0.15) is 31.9 Å². The number of anilines is 1. The Morgan fingerprint density at radius 3 is 2.33 bits per heavy atom. The monoisotopic (exact) mass is 424 g/mol. The SMILES string of the molecule is CCOc1ccc(C=C2C(=O)NC(=S)N(c3ccc(CC)cc3)C2=O)c(OCC)c1. The van der Waals surface area contributed by atoms with Gasteiger partial charge in [0.2, 0.25) is 0 Å². The van der Waals surface area contributed by atoms with E-state index in [0.717, 1.165) is 12.0 Å². The predicted molar refractivity (Wildman–Crippen MR) is 121 cm³/mol. The molecule has 0 aliphatic carbocycles. The molecule has 2 aromatic rings. The zero-order valence-corrected chi connectivity index (χ0v) is 18.0. The fourth-order valence-corrected chi connectivity index (χ4v) is 3.38. The Labute approximate surface area is 181 Å². The van der Waals surface area contributed by atoms with Crippen LogP contribution in [0.4, 0.5) is 5.69 Å². The van der Waals surface area contributed by atoms with Crippen LogP contribution in [0.15, 0.2) is 48.0 Å². The van der Waals surface area contributed by atoms with Gasteiger partial charge in [0.1, 0.15) is 17.1 Å². The van der Waals surface area contributed by atoms with Gasteiger partial charge < -0.3 is 9.47 Å². The van der Waals surface area contributed by atoms with Gasteiger partial charge in [-0.2, -0.15) is 0 Å². The Morgan fingerprint density at radius 1 is 1.00 bits per heavy atom. The number of carbonyl (C=O) groups excluding carboxylic acids is 2. The van der Waals surface area contributed by atoms with Crippen molar-refractivity contribution < 1.29 is 19.1 Å². The first-order chi connectivity index (χ1) is 14.5. The molecule has 2 aromatic carbocycles. The maximum atomic E-state index is 13.2. The average Bonchev–Trinajstić information content (AvgIpc) is 2.73. The molecule has 2 amide bonds. The van der Waals surface area contributed by atoms with Crippen molar-refractivity contribution >= 4 is 40.9 Å². The first-order valence-corrected chi connectivity index (χ1v) is 10.3. The van der Waals surface area contributed by atoms with Crippen molar-refractivity contribution in [2.45, 2.75) is 27.2 Å². The molecule has 156 valence electrons. The minimum absolute atomic E-state index is 0.0201. The van der Waals surface area contributed by atoms with Crippen LogP contribution in [-0.4, -0.2) is 30.1 Å². The van der Waals surface area contributed by atoms with Gasteiger partial charge >= 0.3 is 0 Å². The molecule has 1 aliphatic rings. The summed E-state index contributed by atoms with van der Waals surface area (Å²) in [5, 5.41) is 2.66. The second kappa shape index (κ2) is 9.54. The van der Waals surface area contributed by atoms with Crippen molar-refractivity contribution in [2.75, 3.05) is 18.1 Å². The number of amides is 2. The number of aryl methyl sites for hydroxylation is 1. The fourth-order valence-electron chi connectivity index (χ4n) is 3.10. The average molecular weight is 425 g/mol. The summed E-state index contributed by atoms with van der Waals surface area (Å²) in [6, 6.07) is 12.8. The Balaban J connectivity index is 1.99. The van der Waals surface area contributed by atoms with E-state index in [4.69, 9.17) is 21.7 Å². The number of nitrogens with zero attached hydrogens (tertiary/aromatic N) is 1. The number of hydrogen-bond donors (Lipinski definition) is 1. The molecule has 7 heteroatoms. The molecule has 0 aromatic heterocycles. The Morgan fingerprint density at radius 2 is 1.70 bits per heavy atom. The number of hydrogen-bond acceptors (Lipinski definition) is 5. The summed E-state index contributed by atoms with van der Waals surface area (Å²) in [5.41, 5.74) is 2.33. The molecule has 1 N–H and O–H groups in total. The van der Waals surface area contributed by atoms with E-state index in [0.29, 0.717) is 36.0 Å². The second-order valence-electron chi connectivity index (χ2n) is 6.54. The summed E-state index contributed by atoms with van der Waals surface area (Å²) >= 11 is 5.26. The topological polar surface area (TPSA) is 67.9 Å². The van der Waals surface area contributed by atoms with Crippen LogP contribution in [0.3, 0.4) is 0 Å². The first kappa shape index (κ1) is 21.5. The summed E-state index contributed by atoms with van der Waals surface area (Å²) in [4.78, 5) is 27.1. The highest BCUT2D eigenvalue weighted by Gasteiger charge is 2.34. The summed E-state index contributed by atoms with van der Waals surface area (Å²) < 4.78 is 11.2. The maximum absolute atomic E-state index is 13.2. The lowest BCUT2D eigenvalue weighted by Gasteiger charge is -2.29. The normalized spacial score (nSPS) is 15.4. The zero-order valence-electron chi connectivity index (χ0n) is 17.2. The molecule has 6 nitrogen and oxygen atoms in total. The van der Waals surface area contributed by atoms with E-state index in [9.17, 15) is 9.59 Å². The number of nitrogens with one attached hydrogen (secondary N) is 1. The van der Waals surface area contributed by atoms with E-state index in [-0.39, 0.29) is 10.7 Å². The van der Waals surface area contributed by atoms with Gasteiger partial charge in [-0.25, -0.2) is 0 Å². The van der Waals surface area contributed by atoms with Gasteiger partial charge in [-0.3, -0.25) is 19.8 Å². The van der Waals surface area contributed by atoms with Crippen molar-refractivity contribution in [3.8, 4) is 11.5 Å². The van der Waals surface area contributed by atoms with Crippen LogP contribution in [0.5, 0.6) is 11.5 Å². The van der Waals surface area contributed by atoms with Crippen molar-refractivity contribution in [1.29, 1.82) is 0 Å². The van der Waals surface area contributed by atoms with Gasteiger partial charge in [0.25, 0.3) is 11.8 Å². The zero-order chi connectivity index (χ0) is 21.7. The smallest absolute Gasteiger partial charge is 0.270 e. The van der Waals surface area contributed by atoms with Crippen LogP contribution in [0.2, 0.25) is 0 Å². The van der Waals surface area contributed by atoms with Crippen LogP contribution < -0.4 is 19.7 Å². The molecule has 0 saturated carbocycles. The number of ether oxygens (including phenoxy) is 2. The van der Waals surface area contributed by atoms with E-state index in [1.165, 1.54) is 11.0 Å². The van der Waals surface area contributed by atoms with Gasteiger partial charge in [0.15, 0.2) is 5.11 Å². The van der Waals surface area contributed by atoms with Crippen LogP contribution in [0, 0.1) is 0 Å². The number of thiocarbonyl (C=S) groups is 1. The van der Waals surface area contributed by atoms with E-state index in [2.05, 4.69) is 12.2 Å². The Kier molecular flexibility index (Phi) is 6.84. The minimum Gasteiger partial charge on any atom is -0.494 e. The molecule has 1 fully saturated rings. The third-order valence-electron chi connectivity index (χ3n) is 4.60. The summed E-state index contributed by atoms with van der Waals surface area (Å²) in [6.07, 6.45) is 2.41. The molecule has 0 atom stereocenters. The Hall–Kier alpha value is -3.19. The molecule has 0 bridgehead atoms. The highest BCUT2D eigenvalue weighted by Crippen LogP contribution is 2.29. The lowest BCUT2D eigenvalue weighted by Crippen LogP contribution is -2.54. The second-order valence-corrected chi connectivity index (χ2v) is 6.93. The number of carbonyl (C=O) groups is 2. The molecule has 0 spiro atoms. The van der Waals surface area contributed by atoms with E-state index < -0.39 is 11.8 Å². The molecular weight excluding hydrogens is 400 g/mol. The van der Waals surface area contributed by atoms with Crippen LogP contribution in [0.25, 0.3) is 6.08 Å². The molecule has 1 saturated heterocycles. The number of rotatable bonds is 7. The molecule has 0 unspecified atom stereocenters. The standard InChI is InChI=1S/C23H24N2O4S/c1-4-15-7-10-17(11-8-15)25-22(27)19(21(26)24-23(25)30)13-16-9-12-18(28-5-2)14-20(16)29-6-3/h7-14H,4-6H2,1-3H3,(H,24,26,30). The largest absolute Gasteiger partial charge is 0.494 e. The fraction of sp³-hybridized carbons (Fsp3) is 0.261. The number of benzene rings is 2.